The van der Waals surface area contributed by atoms with Gasteiger partial charge in [-0.3, -0.25) is 14.4 Å². The highest BCUT2D eigenvalue weighted by atomic mass is 16.5. The highest BCUT2D eigenvalue weighted by Crippen LogP contribution is 2.12. The fourth-order valence-corrected chi connectivity index (χ4v) is 3.08. The molecule has 1 amide bonds. The summed E-state index contributed by atoms with van der Waals surface area (Å²) in [6.45, 7) is 10.6. The van der Waals surface area contributed by atoms with Crippen LogP contribution in [-0.4, -0.2) is 59.5 Å². The lowest BCUT2D eigenvalue weighted by Gasteiger charge is -2.29. The summed E-state index contributed by atoms with van der Waals surface area (Å²) in [4.78, 5) is 14.7. The highest BCUT2D eigenvalue weighted by molar-refractivity contribution is 5.91. The third-order valence-electron chi connectivity index (χ3n) is 4.31. The first kappa shape index (κ1) is 17.7. The maximum absolute atomic E-state index is 12.4. The van der Waals surface area contributed by atoms with Crippen LogP contribution >= 0.6 is 0 Å². The lowest BCUT2D eigenvalue weighted by atomic mass is 10.2. The average Bonchev–Trinajstić information content (AvgIpc) is 3.15. The topological polar surface area (TPSA) is 72.5 Å². The van der Waals surface area contributed by atoms with Crippen molar-refractivity contribution in [1.82, 2.24) is 20.0 Å². The van der Waals surface area contributed by atoms with Gasteiger partial charge in [-0.25, -0.2) is 0 Å². The Hall–Kier alpha value is -2.12. The van der Waals surface area contributed by atoms with Gasteiger partial charge in [-0.2, -0.15) is 5.10 Å². The molecule has 3 heterocycles. The van der Waals surface area contributed by atoms with Gasteiger partial charge in [0.2, 0.25) is 0 Å². The van der Waals surface area contributed by atoms with Gasteiger partial charge in [0.25, 0.3) is 5.91 Å². The number of morpholine rings is 1. The molecule has 0 aliphatic carbocycles. The fourth-order valence-electron chi connectivity index (χ4n) is 3.08. The zero-order chi connectivity index (χ0) is 17.8. The number of nitrogens with one attached hydrogen (secondary N) is 1. The summed E-state index contributed by atoms with van der Waals surface area (Å²) in [6, 6.07) is 5.62. The maximum atomic E-state index is 12.4. The first-order valence-electron chi connectivity index (χ1n) is 8.72. The smallest absolute Gasteiger partial charge is 0.287 e. The van der Waals surface area contributed by atoms with E-state index in [2.05, 4.69) is 15.3 Å². The molecule has 1 N–H and O–H groups in total. The molecule has 1 aliphatic heterocycles. The van der Waals surface area contributed by atoms with Crippen LogP contribution in [0, 0.1) is 13.8 Å². The van der Waals surface area contributed by atoms with Crippen molar-refractivity contribution in [2.75, 3.05) is 32.8 Å². The van der Waals surface area contributed by atoms with Gasteiger partial charge >= 0.3 is 0 Å². The fraction of sp³-hybridized carbons (Fsp3) is 0.556. The monoisotopic (exact) mass is 346 g/mol. The van der Waals surface area contributed by atoms with Gasteiger partial charge in [0.05, 0.1) is 25.5 Å². The first-order chi connectivity index (χ1) is 12.0. The van der Waals surface area contributed by atoms with Crippen LogP contribution < -0.4 is 5.32 Å². The van der Waals surface area contributed by atoms with Crippen molar-refractivity contribution in [2.45, 2.75) is 33.4 Å². The van der Waals surface area contributed by atoms with Crippen molar-refractivity contribution >= 4 is 5.91 Å². The largest absolute Gasteiger partial charge is 0.454 e. The highest BCUT2D eigenvalue weighted by Gasteiger charge is 2.18. The van der Waals surface area contributed by atoms with E-state index < -0.39 is 0 Å². The number of nitrogens with zero attached hydrogens (tertiary/aromatic N) is 3. The van der Waals surface area contributed by atoms with Gasteiger partial charge in [0.1, 0.15) is 5.76 Å². The van der Waals surface area contributed by atoms with Gasteiger partial charge < -0.3 is 14.5 Å². The van der Waals surface area contributed by atoms with Gasteiger partial charge in [0.15, 0.2) is 5.76 Å². The molecule has 2 aromatic rings. The molecule has 0 radical (unpaired) electrons. The molecule has 1 saturated heterocycles. The van der Waals surface area contributed by atoms with Crippen LogP contribution in [0.15, 0.2) is 22.6 Å². The number of carbonyl (C=O) groups excluding carboxylic acids is 1. The van der Waals surface area contributed by atoms with Crippen LogP contribution in [0.1, 0.15) is 34.6 Å². The predicted molar refractivity (Wildman–Crippen MR) is 93.7 cm³/mol. The number of aryl methyl sites for hydroxylation is 2. The summed E-state index contributed by atoms with van der Waals surface area (Å²) in [7, 11) is 0. The third-order valence-corrected chi connectivity index (χ3v) is 4.31. The van der Waals surface area contributed by atoms with Crippen molar-refractivity contribution in [3.63, 3.8) is 0 Å². The van der Waals surface area contributed by atoms with E-state index in [4.69, 9.17) is 9.15 Å². The molecule has 0 saturated carbocycles. The van der Waals surface area contributed by atoms with E-state index in [1.807, 2.05) is 37.6 Å². The molecule has 0 bridgehead atoms. The summed E-state index contributed by atoms with van der Waals surface area (Å²) in [5.41, 5.74) is 2.04. The van der Waals surface area contributed by atoms with Crippen LogP contribution in [0.5, 0.6) is 0 Å². The lowest BCUT2D eigenvalue weighted by Crippen LogP contribution is -2.45. The molecule has 0 spiro atoms. The summed E-state index contributed by atoms with van der Waals surface area (Å²) < 4.78 is 12.9. The molecule has 1 aliphatic rings. The van der Waals surface area contributed by atoms with Crippen LogP contribution in [-0.2, 0) is 11.3 Å². The lowest BCUT2D eigenvalue weighted by molar-refractivity contribution is 0.0341. The van der Waals surface area contributed by atoms with E-state index in [1.54, 1.807) is 6.07 Å². The molecule has 7 nitrogen and oxygen atoms in total. The summed E-state index contributed by atoms with van der Waals surface area (Å²) in [6.07, 6.45) is 0. The number of carbonyl (C=O) groups is 1. The van der Waals surface area contributed by atoms with E-state index >= 15 is 0 Å². The van der Waals surface area contributed by atoms with Gasteiger partial charge in [-0.1, -0.05) is 0 Å². The third kappa shape index (κ3) is 4.70. The van der Waals surface area contributed by atoms with Crippen LogP contribution in [0.3, 0.4) is 0 Å². The molecule has 0 unspecified atom stereocenters. The van der Waals surface area contributed by atoms with Gasteiger partial charge in [0, 0.05) is 31.4 Å². The number of hydrogen-bond acceptors (Lipinski definition) is 5. The molecular weight excluding hydrogens is 320 g/mol. The summed E-state index contributed by atoms with van der Waals surface area (Å²) in [5, 5.41) is 7.41. The summed E-state index contributed by atoms with van der Waals surface area (Å²) in [5.74, 6) is 0.878. The second kappa shape index (κ2) is 7.84. The van der Waals surface area contributed by atoms with E-state index in [-0.39, 0.29) is 11.9 Å². The number of ether oxygens (including phenoxy) is 1. The Morgan fingerprint density at radius 2 is 2.08 bits per heavy atom. The second-order valence-corrected chi connectivity index (χ2v) is 6.64. The Balaban J connectivity index is 1.54. The number of aromatic nitrogens is 2. The average molecular weight is 346 g/mol. The summed E-state index contributed by atoms with van der Waals surface area (Å²) >= 11 is 0. The Kier molecular flexibility index (Phi) is 5.55. The Morgan fingerprint density at radius 1 is 1.32 bits per heavy atom. The van der Waals surface area contributed by atoms with E-state index in [1.165, 1.54) is 0 Å². The van der Waals surface area contributed by atoms with Crippen molar-refractivity contribution in [3.8, 4) is 0 Å². The first-order valence-corrected chi connectivity index (χ1v) is 8.72. The Bertz CT molecular complexity index is 716. The molecule has 0 aromatic carbocycles. The van der Waals surface area contributed by atoms with E-state index in [9.17, 15) is 4.79 Å². The Morgan fingerprint density at radius 3 is 2.76 bits per heavy atom. The van der Waals surface area contributed by atoms with Crippen LogP contribution in [0.2, 0.25) is 0 Å². The molecule has 136 valence electrons. The van der Waals surface area contributed by atoms with E-state index in [0.29, 0.717) is 12.3 Å². The predicted octanol–water partition coefficient (Wildman–Crippen LogP) is 1.59. The quantitative estimate of drug-likeness (QED) is 0.860. The van der Waals surface area contributed by atoms with Crippen LogP contribution in [0.25, 0.3) is 0 Å². The molecule has 7 heteroatoms. The minimum atomic E-state index is -0.180. The number of furan rings is 1. The SMILES string of the molecule is Cc1cc(C)n(Cc2ccc(C(=O)N[C@@H](C)CN3CCOCC3)o2)n1. The molecule has 2 aromatic heterocycles. The van der Waals surface area contributed by atoms with Crippen molar-refractivity contribution < 1.29 is 13.9 Å². The molecule has 3 rings (SSSR count). The normalized spacial score (nSPS) is 16.8. The van der Waals surface area contributed by atoms with Gasteiger partial charge in [-0.15, -0.1) is 0 Å². The van der Waals surface area contributed by atoms with Gasteiger partial charge in [-0.05, 0) is 39.0 Å². The maximum Gasteiger partial charge on any atom is 0.287 e. The van der Waals surface area contributed by atoms with Crippen LogP contribution in [0.4, 0.5) is 0 Å². The zero-order valence-electron chi connectivity index (χ0n) is 15.1. The number of hydrogen-bond donors (Lipinski definition) is 1. The molecule has 1 atom stereocenters. The van der Waals surface area contributed by atoms with E-state index in [0.717, 1.165) is 50.0 Å². The number of amides is 1. The molecular formula is C18H26N4O3. The minimum Gasteiger partial charge on any atom is -0.454 e. The van der Waals surface area contributed by atoms with Crippen molar-refractivity contribution in [1.29, 1.82) is 0 Å². The second-order valence-electron chi connectivity index (χ2n) is 6.64. The Labute approximate surface area is 147 Å². The zero-order valence-corrected chi connectivity index (χ0v) is 15.1. The standard InChI is InChI=1S/C18H26N4O3/c1-13-10-15(3)22(20-13)12-16-4-5-17(25-16)18(23)19-14(2)11-21-6-8-24-9-7-21/h4-5,10,14H,6-9,11-12H2,1-3H3,(H,19,23)/t14-/m0/s1. The van der Waals surface area contributed by atoms with Crippen molar-refractivity contribution in [2.24, 2.45) is 0 Å². The molecule has 25 heavy (non-hydrogen) atoms. The number of rotatable bonds is 6. The minimum absolute atomic E-state index is 0.0511. The van der Waals surface area contributed by atoms with Crippen molar-refractivity contribution in [3.05, 3.63) is 41.1 Å². The molecule has 1 fully saturated rings.